The normalized spacial score (nSPS) is 15.2. The molecule has 0 saturated carbocycles. The van der Waals surface area contributed by atoms with Gasteiger partial charge in [0.05, 0.1) is 0 Å². The Morgan fingerprint density at radius 3 is 2.38 bits per heavy atom. The molecule has 0 spiro atoms. The van der Waals surface area contributed by atoms with E-state index >= 15 is 0 Å². The van der Waals surface area contributed by atoms with E-state index in [0.717, 1.165) is 30.8 Å². The van der Waals surface area contributed by atoms with Crippen LogP contribution >= 0.6 is 0 Å². The number of phenols is 1. The predicted octanol–water partition coefficient (Wildman–Crippen LogP) is 2.85. The second-order valence-electron chi connectivity index (χ2n) is 5.97. The highest BCUT2D eigenvalue weighted by Gasteiger charge is 2.22. The SMILES string of the molecule is O=C(OCc1ccccc1)N1CCN(Cc2cccc(O)c2)CC1. The van der Waals surface area contributed by atoms with Crippen molar-refractivity contribution < 1.29 is 14.6 Å². The molecule has 1 aliphatic heterocycles. The highest BCUT2D eigenvalue weighted by atomic mass is 16.6. The quantitative estimate of drug-likeness (QED) is 0.939. The Morgan fingerprint density at radius 1 is 0.958 bits per heavy atom. The molecule has 2 aromatic carbocycles. The van der Waals surface area contributed by atoms with Gasteiger partial charge in [-0.1, -0.05) is 42.5 Å². The molecule has 126 valence electrons. The summed E-state index contributed by atoms with van der Waals surface area (Å²) in [7, 11) is 0. The van der Waals surface area contributed by atoms with Crippen LogP contribution in [0.2, 0.25) is 0 Å². The number of hydrogen-bond acceptors (Lipinski definition) is 4. The standard InChI is InChI=1S/C19H22N2O3/c22-18-8-4-7-17(13-18)14-20-9-11-21(12-10-20)19(23)24-15-16-5-2-1-3-6-16/h1-8,13,22H,9-12,14-15H2. The molecule has 2 aromatic rings. The van der Waals surface area contributed by atoms with Gasteiger partial charge in [0.15, 0.2) is 0 Å². The highest BCUT2D eigenvalue weighted by molar-refractivity contribution is 5.67. The molecule has 0 atom stereocenters. The Morgan fingerprint density at radius 2 is 1.67 bits per heavy atom. The minimum Gasteiger partial charge on any atom is -0.508 e. The Balaban J connectivity index is 1.43. The first-order chi connectivity index (χ1) is 11.7. The van der Waals surface area contributed by atoms with Gasteiger partial charge in [-0.3, -0.25) is 4.90 Å². The Bertz CT molecular complexity index is 667. The van der Waals surface area contributed by atoms with E-state index < -0.39 is 0 Å². The summed E-state index contributed by atoms with van der Waals surface area (Å²) in [5, 5.41) is 9.52. The second kappa shape index (κ2) is 7.84. The van der Waals surface area contributed by atoms with Crippen LogP contribution in [-0.2, 0) is 17.9 Å². The first-order valence-corrected chi connectivity index (χ1v) is 8.16. The van der Waals surface area contributed by atoms with Crippen LogP contribution in [0.3, 0.4) is 0 Å². The van der Waals surface area contributed by atoms with Crippen molar-refractivity contribution >= 4 is 6.09 Å². The molecule has 1 aliphatic rings. The van der Waals surface area contributed by atoms with Gasteiger partial charge in [0.1, 0.15) is 12.4 Å². The molecular formula is C19H22N2O3. The van der Waals surface area contributed by atoms with Crippen molar-refractivity contribution in [1.82, 2.24) is 9.80 Å². The van der Waals surface area contributed by atoms with Gasteiger partial charge < -0.3 is 14.7 Å². The molecule has 0 unspecified atom stereocenters. The van der Waals surface area contributed by atoms with E-state index in [2.05, 4.69) is 4.90 Å². The number of hydrogen-bond donors (Lipinski definition) is 1. The molecular weight excluding hydrogens is 304 g/mol. The maximum atomic E-state index is 12.1. The number of piperazine rings is 1. The predicted molar refractivity (Wildman–Crippen MR) is 91.6 cm³/mol. The van der Waals surface area contributed by atoms with Gasteiger partial charge in [-0.15, -0.1) is 0 Å². The molecule has 1 saturated heterocycles. The number of phenolic OH excluding ortho intramolecular Hbond substituents is 1. The number of amides is 1. The first kappa shape index (κ1) is 16.3. The molecule has 1 N–H and O–H groups in total. The molecule has 5 heteroatoms. The maximum absolute atomic E-state index is 12.1. The lowest BCUT2D eigenvalue weighted by Gasteiger charge is -2.34. The van der Waals surface area contributed by atoms with Gasteiger partial charge >= 0.3 is 6.09 Å². The maximum Gasteiger partial charge on any atom is 0.410 e. The van der Waals surface area contributed by atoms with Crippen molar-refractivity contribution in [1.29, 1.82) is 0 Å². The van der Waals surface area contributed by atoms with E-state index in [0.29, 0.717) is 19.7 Å². The summed E-state index contributed by atoms with van der Waals surface area (Å²) in [6, 6.07) is 17.0. The molecule has 1 fully saturated rings. The van der Waals surface area contributed by atoms with Crippen LogP contribution < -0.4 is 0 Å². The van der Waals surface area contributed by atoms with Crippen LogP contribution in [0.1, 0.15) is 11.1 Å². The Kier molecular flexibility index (Phi) is 5.33. The first-order valence-electron chi connectivity index (χ1n) is 8.16. The summed E-state index contributed by atoms with van der Waals surface area (Å²) in [6.45, 7) is 4.01. The summed E-state index contributed by atoms with van der Waals surface area (Å²) in [5.74, 6) is 0.288. The van der Waals surface area contributed by atoms with Crippen LogP contribution in [0.15, 0.2) is 54.6 Å². The van der Waals surface area contributed by atoms with E-state index in [1.54, 1.807) is 17.0 Å². The lowest BCUT2D eigenvalue weighted by Crippen LogP contribution is -2.48. The van der Waals surface area contributed by atoms with E-state index in [1.165, 1.54) is 0 Å². The fraction of sp³-hybridized carbons (Fsp3) is 0.316. The van der Waals surface area contributed by atoms with E-state index in [-0.39, 0.29) is 11.8 Å². The molecule has 24 heavy (non-hydrogen) atoms. The average molecular weight is 326 g/mol. The molecule has 0 aromatic heterocycles. The van der Waals surface area contributed by atoms with Crippen molar-refractivity contribution in [3.63, 3.8) is 0 Å². The van der Waals surface area contributed by atoms with Gasteiger partial charge in [-0.2, -0.15) is 0 Å². The van der Waals surface area contributed by atoms with Crippen molar-refractivity contribution in [2.75, 3.05) is 26.2 Å². The minimum absolute atomic E-state index is 0.254. The number of ether oxygens (including phenoxy) is 1. The Hall–Kier alpha value is -2.53. The van der Waals surface area contributed by atoms with E-state index in [4.69, 9.17) is 4.74 Å². The van der Waals surface area contributed by atoms with Gasteiger partial charge in [-0.25, -0.2) is 4.79 Å². The topological polar surface area (TPSA) is 53.0 Å². The largest absolute Gasteiger partial charge is 0.508 e. The molecule has 1 heterocycles. The van der Waals surface area contributed by atoms with Gasteiger partial charge in [0.2, 0.25) is 0 Å². The van der Waals surface area contributed by atoms with Crippen molar-refractivity contribution in [2.24, 2.45) is 0 Å². The Labute approximate surface area is 142 Å². The molecule has 0 radical (unpaired) electrons. The lowest BCUT2D eigenvalue weighted by atomic mass is 10.2. The molecule has 3 rings (SSSR count). The summed E-state index contributed by atoms with van der Waals surface area (Å²) in [5.41, 5.74) is 2.07. The van der Waals surface area contributed by atoms with Crippen LogP contribution in [0, 0.1) is 0 Å². The van der Waals surface area contributed by atoms with Crippen LogP contribution in [0.25, 0.3) is 0 Å². The number of carbonyl (C=O) groups excluding carboxylic acids is 1. The van der Waals surface area contributed by atoms with Crippen molar-refractivity contribution in [3.8, 4) is 5.75 Å². The highest BCUT2D eigenvalue weighted by Crippen LogP contribution is 2.14. The fourth-order valence-corrected chi connectivity index (χ4v) is 2.81. The lowest BCUT2D eigenvalue weighted by molar-refractivity contribution is 0.0700. The number of rotatable bonds is 4. The third-order valence-electron chi connectivity index (χ3n) is 4.15. The van der Waals surface area contributed by atoms with Gasteiger partial charge in [0, 0.05) is 32.7 Å². The van der Waals surface area contributed by atoms with E-state index in [1.807, 2.05) is 42.5 Å². The monoisotopic (exact) mass is 326 g/mol. The smallest absolute Gasteiger partial charge is 0.410 e. The molecule has 5 nitrogen and oxygen atoms in total. The number of carbonyl (C=O) groups is 1. The molecule has 1 amide bonds. The third-order valence-corrected chi connectivity index (χ3v) is 4.15. The zero-order chi connectivity index (χ0) is 16.8. The van der Waals surface area contributed by atoms with E-state index in [9.17, 15) is 9.90 Å². The van der Waals surface area contributed by atoms with Crippen molar-refractivity contribution in [3.05, 3.63) is 65.7 Å². The summed E-state index contributed by atoms with van der Waals surface area (Å²) < 4.78 is 5.37. The van der Waals surface area contributed by atoms with Crippen molar-refractivity contribution in [2.45, 2.75) is 13.2 Å². The van der Waals surface area contributed by atoms with Crippen LogP contribution in [0.4, 0.5) is 4.79 Å². The molecule has 0 aliphatic carbocycles. The molecule has 0 bridgehead atoms. The average Bonchev–Trinajstić information content (AvgIpc) is 2.61. The zero-order valence-corrected chi connectivity index (χ0v) is 13.6. The fourth-order valence-electron chi connectivity index (χ4n) is 2.81. The summed E-state index contributed by atoms with van der Waals surface area (Å²) in [4.78, 5) is 16.2. The van der Waals surface area contributed by atoms with Crippen LogP contribution in [0.5, 0.6) is 5.75 Å². The summed E-state index contributed by atoms with van der Waals surface area (Å²) in [6.07, 6.45) is -0.254. The van der Waals surface area contributed by atoms with Gasteiger partial charge in [0.25, 0.3) is 0 Å². The van der Waals surface area contributed by atoms with Crippen LogP contribution in [-0.4, -0.2) is 47.2 Å². The van der Waals surface area contributed by atoms with Gasteiger partial charge in [-0.05, 0) is 23.3 Å². The number of aromatic hydroxyl groups is 1. The number of benzene rings is 2. The zero-order valence-electron chi connectivity index (χ0n) is 13.6. The second-order valence-corrected chi connectivity index (χ2v) is 5.97. The minimum atomic E-state index is -0.254. The number of nitrogens with zero attached hydrogens (tertiary/aromatic N) is 2. The summed E-state index contributed by atoms with van der Waals surface area (Å²) >= 11 is 0. The third kappa shape index (κ3) is 4.49.